The quantitative estimate of drug-likeness (QED) is 0.263. The van der Waals surface area contributed by atoms with Gasteiger partial charge in [0.15, 0.2) is 0 Å². The molecule has 0 saturated heterocycles. The van der Waals surface area contributed by atoms with Crippen molar-refractivity contribution in [2.75, 3.05) is 10.8 Å². The van der Waals surface area contributed by atoms with E-state index in [0.717, 1.165) is 4.31 Å². The van der Waals surface area contributed by atoms with Crippen LogP contribution in [0.25, 0.3) is 0 Å². The Balaban J connectivity index is 1.57. The standard InChI is InChI=1S/C28H25ClN4O6S/c1-19-24(29)8-5-9-25(19)33(18-26(34)32-17-20-6-4-7-21(16-20)28(35)39-30)40(36,37)23-13-11-22(12-14-23)38-27-10-2-3-15-31-27/h2-16H,17-18,30H2,1H3,(H,32,34). The fourth-order valence-electron chi connectivity index (χ4n) is 3.76. The molecule has 0 bridgehead atoms. The van der Waals surface area contributed by atoms with E-state index in [4.69, 9.17) is 22.2 Å². The minimum Gasteiger partial charge on any atom is -0.439 e. The van der Waals surface area contributed by atoms with Crippen molar-refractivity contribution in [2.24, 2.45) is 5.90 Å². The summed E-state index contributed by atoms with van der Waals surface area (Å²) >= 11 is 6.29. The van der Waals surface area contributed by atoms with Crippen LogP contribution in [0.5, 0.6) is 11.6 Å². The molecule has 0 fully saturated rings. The van der Waals surface area contributed by atoms with Crippen LogP contribution in [0.2, 0.25) is 5.02 Å². The van der Waals surface area contributed by atoms with Crippen LogP contribution >= 0.6 is 11.6 Å². The molecule has 4 aromatic rings. The third-order valence-corrected chi connectivity index (χ3v) is 8.01. The molecular weight excluding hydrogens is 556 g/mol. The zero-order chi connectivity index (χ0) is 28.7. The number of ether oxygens (including phenoxy) is 1. The molecule has 0 aliphatic carbocycles. The number of sulfonamides is 1. The molecule has 1 heterocycles. The topological polar surface area (TPSA) is 141 Å². The van der Waals surface area contributed by atoms with E-state index < -0.39 is 28.4 Å². The van der Waals surface area contributed by atoms with Crippen molar-refractivity contribution in [2.45, 2.75) is 18.4 Å². The van der Waals surface area contributed by atoms with Crippen LogP contribution in [0.15, 0.2) is 96.0 Å². The van der Waals surface area contributed by atoms with Crippen molar-refractivity contribution in [1.29, 1.82) is 0 Å². The van der Waals surface area contributed by atoms with Crippen LogP contribution in [0.4, 0.5) is 5.69 Å². The number of carbonyl (C=O) groups is 2. The van der Waals surface area contributed by atoms with E-state index in [1.807, 2.05) is 0 Å². The number of hydrogen-bond donors (Lipinski definition) is 2. The molecule has 4 rings (SSSR count). The maximum Gasteiger partial charge on any atom is 0.356 e. The van der Waals surface area contributed by atoms with Crippen LogP contribution < -0.4 is 20.3 Å². The second-order valence-electron chi connectivity index (χ2n) is 8.52. The Morgan fingerprint density at radius 1 is 1.00 bits per heavy atom. The molecule has 0 aliphatic rings. The Hall–Kier alpha value is -4.45. The summed E-state index contributed by atoms with van der Waals surface area (Å²) < 4.78 is 34.3. The summed E-state index contributed by atoms with van der Waals surface area (Å²) in [4.78, 5) is 33.0. The molecule has 3 N–H and O–H groups in total. The molecule has 40 heavy (non-hydrogen) atoms. The maximum absolute atomic E-state index is 13.8. The minimum atomic E-state index is -4.21. The summed E-state index contributed by atoms with van der Waals surface area (Å²) in [6, 6.07) is 22.1. The maximum atomic E-state index is 13.8. The molecule has 10 nitrogen and oxygen atoms in total. The van der Waals surface area contributed by atoms with Crippen LogP contribution in [0, 0.1) is 6.92 Å². The van der Waals surface area contributed by atoms with Gasteiger partial charge in [-0.2, -0.15) is 5.90 Å². The molecule has 12 heteroatoms. The number of rotatable bonds is 10. The lowest BCUT2D eigenvalue weighted by molar-refractivity contribution is -0.119. The normalized spacial score (nSPS) is 11.0. The van der Waals surface area contributed by atoms with Gasteiger partial charge in [0, 0.05) is 23.8 Å². The predicted molar refractivity (Wildman–Crippen MR) is 149 cm³/mol. The van der Waals surface area contributed by atoms with Crippen LogP contribution in [-0.4, -0.2) is 31.8 Å². The molecule has 1 aromatic heterocycles. The monoisotopic (exact) mass is 580 g/mol. The second kappa shape index (κ2) is 12.6. The zero-order valence-corrected chi connectivity index (χ0v) is 22.9. The molecule has 1 amide bonds. The van der Waals surface area contributed by atoms with E-state index >= 15 is 0 Å². The molecule has 0 radical (unpaired) electrons. The number of aromatic nitrogens is 1. The van der Waals surface area contributed by atoms with Crippen molar-refractivity contribution < 1.29 is 27.6 Å². The summed E-state index contributed by atoms with van der Waals surface area (Å²) in [7, 11) is -4.21. The van der Waals surface area contributed by atoms with Crippen LogP contribution in [0.3, 0.4) is 0 Å². The third-order valence-electron chi connectivity index (χ3n) is 5.83. The Bertz CT molecular complexity index is 1620. The van der Waals surface area contributed by atoms with Gasteiger partial charge in [-0.1, -0.05) is 35.9 Å². The van der Waals surface area contributed by atoms with E-state index in [2.05, 4.69) is 15.1 Å². The lowest BCUT2D eigenvalue weighted by Crippen LogP contribution is -2.41. The lowest BCUT2D eigenvalue weighted by Gasteiger charge is -2.26. The van der Waals surface area contributed by atoms with Gasteiger partial charge in [-0.15, -0.1) is 0 Å². The first-order chi connectivity index (χ1) is 19.2. The average Bonchev–Trinajstić information content (AvgIpc) is 2.97. The Morgan fingerprint density at radius 3 is 2.45 bits per heavy atom. The van der Waals surface area contributed by atoms with Crippen molar-refractivity contribution in [3.8, 4) is 11.6 Å². The Labute approximate surface area is 236 Å². The van der Waals surface area contributed by atoms with Gasteiger partial charge in [-0.05, 0) is 72.6 Å². The van der Waals surface area contributed by atoms with E-state index in [-0.39, 0.29) is 22.7 Å². The largest absolute Gasteiger partial charge is 0.439 e. The number of carbonyl (C=O) groups excluding carboxylic acids is 2. The highest BCUT2D eigenvalue weighted by Gasteiger charge is 2.29. The summed E-state index contributed by atoms with van der Waals surface area (Å²) in [6.45, 7) is 1.18. The average molecular weight is 581 g/mol. The van der Waals surface area contributed by atoms with E-state index in [1.54, 1.807) is 61.7 Å². The number of hydrogen-bond acceptors (Lipinski definition) is 8. The van der Waals surface area contributed by atoms with Gasteiger partial charge in [0.25, 0.3) is 10.0 Å². The fourth-order valence-corrected chi connectivity index (χ4v) is 5.41. The minimum absolute atomic E-state index is 0.0342. The first kappa shape index (κ1) is 28.6. The second-order valence-corrected chi connectivity index (χ2v) is 10.8. The van der Waals surface area contributed by atoms with Crippen LogP contribution in [0.1, 0.15) is 21.5 Å². The molecule has 0 unspecified atom stereocenters. The molecule has 0 aliphatic heterocycles. The SMILES string of the molecule is Cc1c(Cl)cccc1N(CC(=O)NCc1cccc(C(=O)ON)c1)S(=O)(=O)c1ccc(Oc2ccccn2)cc1. The van der Waals surface area contributed by atoms with Crippen molar-refractivity contribution in [3.63, 3.8) is 0 Å². The summed E-state index contributed by atoms with van der Waals surface area (Å²) in [5.74, 6) is 4.39. The van der Waals surface area contributed by atoms with E-state index in [0.29, 0.717) is 27.8 Å². The number of nitrogens with zero attached hydrogens (tertiary/aromatic N) is 2. The van der Waals surface area contributed by atoms with Gasteiger partial charge >= 0.3 is 5.97 Å². The Kier molecular flexibility index (Phi) is 9.00. The molecule has 0 saturated carbocycles. The number of anilines is 1. The van der Waals surface area contributed by atoms with Gasteiger partial charge in [0.05, 0.1) is 16.1 Å². The predicted octanol–water partition coefficient (Wildman–Crippen LogP) is 4.38. The van der Waals surface area contributed by atoms with Gasteiger partial charge in [-0.25, -0.2) is 18.2 Å². The highest BCUT2D eigenvalue weighted by Crippen LogP contribution is 2.31. The zero-order valence-electron chi connectivity index (χ0n) is 21.3. The highest BCUT2D eigenvalue weighted by molar-refractivity contribution is 7.92. The van der Waals surface area contributed by atoms with Crippen molar-refractivity contribution in [1.82, 2.24) is 10.3 Å². The van der Waals surface area contributed by atoms with Gasteiger partial charge in [-0.3, -0.25) is 9.10 Å². The summed E-state index contributed by atoms with van der Waals surface area (Å²) in [5.41, 5.74) is 1.55. The number of pyridine rings is 1. The number of nitrogens with two attached hydrogens (primary N) is 1. The smallest absolute Gasteiger partial charge is 0.356 e. The third kappa shape index (κ3) is 6.75. The summed E-state index contributed by atoms with van der Waals surface area (Å²) in [5, 5.41) is 3.04. The number of amides is 1. The van der Waals surface area contributed by atoms with Gasteiger partial charge in [0.2, 0.25) is 11.8 Å². The van der Waals surface area contributed by atoms with E-state index in [9.17, 15) is 18.0 Å². The number of nitrogens with one attached hydrogen (secondary N) is 1. The number of halogens is 1. The van der Waals surface area contributed by atoms with E-state index in [1.165, 1.54) is 36.4 Å². The molecule has 0 spiro atoms. The lowest BCUT2D eigenvalue weighted by atomic mass is 10.1. The van der Waals surface area contributed by atoms with Gasteiger partial charge in [0.1, 0.15) is 12.3 Å². The first-order valence-corrected chi connectivity index (χ1v) is 13.7. The number of benzene rings is 3. The fraction of sp³-hybridized carbons (Fsp3) is 0.107. The highest BCUT2D eigenvalue weighted by atomic mass is 35.5. The van der Waals surface area contributed by atoms with Crippen LogP contribution in [-0.2, 0) is 26.2 Å². The molecular formula is C28H25ClN4O6S. The van der Waals surface area contributed by atoms with Gasteiger partial charge < -0.3 is 14.9 Å². The molecule has 206 valence electrons. The molecule has 0 atom stereocenters. The summed E-state index contributed by atoms with van der Waals surface area (Å²) in [6.07, 6.45) is 1.58. The molecule has 3 aromatic carbocycles. The first-order valence-electron chi connectivity index (χ1n) is 11.9. The Morgan fingerprint density at radius 2 is 1.75 bits per heavy atom. The van der Waals surface area contributed by atoms with Crippen molar-refractivity contribution in [3.05, 3.63) is 113 Å². The van der Waals surface area contributed by atoms with Crippen molar-refractivity contribution >= 4 is 39.2 Å².